The molecule has 3 N–H and O–H groups in total. The van der Waals surface area contributed by atoms with Crippen molar-refractivity contribution in [3.63, 3.8) is 0 Å². The minimum absolute atomic E-state index is 0.226. The molecule has 9 heteroatoms. The summed E-state index contributed by atoms with van der Waals surface area (Å²) in [6.07, 6.45) is 1.74. The van der Waals surface area contributed by atoms with Gasteiger partial charge in [-0.1, -0.05) is 47.5 Å². The van der Waals surface area contributed by atoms with Crippen molar-refractivity contribution in [3.8, 4) is 0 Å². The number of rotatable bonds is 3. The molecule has 30 heavy (non-hydrogen) atoms. The second-order valence-corrected chi connectivity index (χ2v) is 8.09. The topological polar surface area (TPSA) is 87.0 Å². The average molecular weight is 440 g/mol. The van der Waals surface area contributed by atoms with Crippen molar-refractivity contribution in [1.82, 2.24) is 20.2 Å². The Morgan fingerprint density at radius 1 is 1.07 bits per heavy atom. The molecule has 7 nitrogen and oxygen atoms in total. The monoisotopic (exact) mass is 439 g/mol. The number of benzene rings is 2. The maximum Gasteiger partial charge on any atom is 0.224 e. The number of hydrogen-bond acceptors (Lipinski definition) is 6. The van der Waals surface area contributed by atoms with Crippen molar-refractivity contribution >= 4 is 51.7 Å². The van der Waals surface area contributed by atoms with Crippen LogP contribution in [0.5, 0.6) is 0 Å². The summed E-state index contributed by atoms with van der Waals surface area (Å²) in [5.74, 6) is 1.01. The fourth-order valence-electron chi connectivity index (χ4n) is 3.88. The summed E-state index contributed by atoms with van der Waals surface area (Å²) in [6.45, 7) is 2.95. The fraction of sp³-hybridized carbons (Fsp3) is 0.190. The molecule has 0 amide bonds. The number of halogens is 2. The number of para-hydroxylation sites is 1. The first-order chi connectivity index (χ1) is 14.6. The zero-order chi connectivity index (χ0) is 20.7. The lowest BCUT2D eigenvalue weighted by atomic mass is 10.1. The molecule has 0 saturated carbocycles. The quantitative estimate of drug-likeness (QED) is 0.495. The van der Waals surface area contributed by atoms with Gasteiger partial charge in [-0.3, -0.25) is 5.10 Å². The van der Waals surface area contributed by atoms with E-state index in [0.29, 0.717) is 28.8 Å². The first-order valence-corrected chi connectivity index (χ1v) is 10.3. The maximum absolute atomic E-state index is 6.45. The number of nitrogen functional groups attached to an aromatic ring is 1. The van der Waals surface area contributed by atoms with E-state index in [-0.39, 0.29) is 5.95 Å². The van der Waals surface area contributed by atoms with Crippen molar-refractivity contribution in [3.05, 3.63) is 69.8 Å². The average Bonchev–Trinajstić information content (AvgIpc) is 3.12. The lowest BCUT2D eigenvalue weighted by Crippen LogP contribution is -2.32. The molecule has 3 heterocycles. The highest BCUT2D eigenvalue weighted by molar-refractivity contribution is 6.35. The molecule has 0 spiro atoms. The van der Waals surface area contributed by atoms with Crippen molar-refractivity contribution in [1.29, 1.82) is 0 Å². The Hall–Kier alpha value is -3.03. The van der Waals surface area contributed by atoms with E-state index in [1.165, 1.54) is 11.3 Å². The minimum Gasteiger partial charge on any atom is -0.368 e. The number of aromatic amines is 1. The molecule has 0 fully saturated rings. The Morgan fingerprint density at radius 3 is 2.80 bits per heavy atom. The third-order valence-corrected chi connectivity index (χ3v) is 5.90. The van der Waals surface area contributed by atoms with E-state index in [1.54, 1.807) is 12.3 Å². The predicted octanol–water partition coefficient (Wildman–Crippen LogP) is 4.27. The third-order valence-electron chi connectivity index (χ3n) is 5.32. The van der Waals surface area contributed by atoms with Crippen molar-refractivity contribution in [2.75, 3.05) is 28.6 Å². The second-order valence-electron chi connectivity index (χ2n) is 7.25. The van der Waals surface area contributed by atoms with Crippen LogP contribution in [0.4, 0.5) is 17.5 Å². The largest absolute Gasteiger partial charge is 0.368 e. The van der Waals surface area contributed by atoms with Gasteiger partial charge in [0, 0.05) is 41.9 Å². The standard InChI is InChI=1S/C21H19Cl2N7/c22-15-6-5-13(17(23)9-15)11-29-7-8-30(12-14-3-1-2-4-18(14)29)20-16-10-25-28-19(16)26-21(24)27-20/h1-6,9-10H,7-8,11-12H2,(H3,24,25,26,27,28). The van der Waals surface area contributed by atoms with Crippen LogP contribution < -0.4 is 15.5 Å². The Bertz CT molecular complexity index is 1220. The molecule has 0 unspecified atom stereocenters. The molecule has 2 aromatic heterocycles. The number of aromatic nitrogens is 4. The smallest absolute Gasteiger partial charge is 0.224 e. The Balaban J connectivity index is 1.51. The van der Waals surface area contributed by atoms with Gasteiger partial charge in [0.25, 0.3) is 0 Å². The van der Waals surface area contributed by atoms with Gasteiger partial charge in [-0.2, -0.15) is 15.1 Å². The predicted molar refractivity (Wildman–Crippen MR) is 121 cm³/mol. The molecule has 0 aliphatic carbocycles. The van der Waals surface area contributed by atoms with Crippen LogP contribution in [-0.4, -0.2) is 33.3 Å². The molecule has 0 radical (unpaired) electrons. The Morgan fingerprint density at radius 2 is 1.93 bits per heavy atom. The zero-order valence-electron chi connectivity index (χ0n) is 16.0. The number of hydrogen-bond donors (Lipinski definition) is 2. The van der Waals surface area contributed by atoms with E-state index in [1.807, 2.05) is 12.1 Å². The van der Waals surface area contributed by atoms with Gasteiger partial charge in [-0.15, -0.1) is 0 Å². The van der Waals surface area contributed by atoms with E-state index < -0.39 is 0 Å². The number of nitrogens with one attached hydrogen (secondary N) is 1. The van der Waals surface area contributed by atoms with E-state index in [2.05, 4.69) is 54.2 Å². The van der Waals surface area contributed by atoms with Crippen LogP contribution in [0.15, 0.2) is 48.7 Å². The maximum atomic E-state index is 6.45. The van der Waals surface area contributed by atoms with E-state index >= 15 is 0 Å². The van der Waals surface area contributed by atoms with Crippen LogP contribution in [-0.2, 0) is 13.1 Å². The number of nitrogens with two attached hydrogens (primary N) is 1. The Kier molecular flexibility index (Phi) is 4.84. The van der Waals surface area contributed by atoms with Crippen LogP contribution >= 0.6 is 23.2 Å². The molecular formula is C21H19Cl2N7. The van der Waals surface area contributed by atoms with Crippen LogP contribution in [0, 0.1) is 0 Å². The molecule has 0 atom stereocenters. The molecule has 1 aliphatic heterocycles. The summed E-state index contributed by atoms with van der Waals surface area (Å²) in [4.78, 5) is 13.3. The van der Waals surface area contributed by atoms with Gasteiger partial charge in [0.2, 0.25) is 5.95 Å². The molecule has 0 bridgehead atoms. The molecule has 5 rings (SSSR count). The fourth-order valence-corrected chi connectivity index (χ4v) is 4.35. The van der Waals surface area contributed by atoms with Crippen LogP contribution in [0.25, 0.3) is 11.0 Å². The first-order valence-electron chi connectivity index (χ1n) is 9.57. The highest BCUT2D eigenvalue weighted by Crippen LogP contribution is 2.32. The second kappa shape index (κ2) is 7.66. The van der Waals surface area contributed by atoms with Gasteiger partial charge < -0.3 is 15.5 Å². The van der Waals surface area contributed by atoms with Crippen molar-refractivity contribution < 1.29 is 0 Å². The van der Waals surface area contributed by atoms with Gasteiger partial charge in [0.05, 0.1) is 11.6 Å². The lowest BCUT2D eigenvalue weighted by molar-refractivity contribution is 0.752. The minimum atomic E-state index is 0.226. The lowest BCUT2D eigenvalue weighted by Gasteiger charge is -2.26. The molecule has 0 saturated heterocycles. The number of nitrogens with zero attached hydrogens (tertiary/aromatic N) is 5. The number of anilines is 3. The summed E-state index contributed by atoms with van der Waals surface area (Å²) in [5, 5.41) is 9.16. The summed E-state index contributed by atoms with van der Waals surface area (Å²) in [5.41, 5.74) is 10.0. The normalized spacial score (nSPS) is 14.1. The molecule has 2 aromatic carbocycles. The van der Waals surface area contributed by atoms with Gasteiger partial charge in [0.15, 0.2) is 5.65 Å². The third kappa shape index (κ3) is 3.51. The first kappa shape index (κ1) is 19.0. The van der Waals surface area contributed by atoms with E-state index in [0.717, 1.165) is 29.9 Å². The van der Waals surface area contributed by atoms with E-state index in [4.69, 9.17) is 28.9 Å². The Labute approximate surface area is 183 Å². The summed E-state index contributed by atoms with van der Waals surface area (Å²) in [6, 6.07) is 14.0. The molecule has 4 aromatic rings. The number of H-pyrrole nitrogens is 1. The molecule has 1 aliphatic rings. The van der Waals surface area contributed by atoms with Crippen LogP contribution in [0.2, 0.25) is 10.0 Å². The molecule has 152 valence electrons. The van der Waals surface area contributed by atoms with Crippen LogP contribution in [0.3, 0.4) is 0 Å². The van der Waals surface area contributed by atoms with Gasteiger partial charge >= 0.3 is 0 Å². The number of fused-ring (bicyclic) bond motifs is 2. The highest BCUT2D eigenvalue weighted by atomic mass is 35.5. The van der Waals surface area contributed by atoms with Gasteiger partial charge in [-0.25, -0.2) is 0 Å². The van der Waals surface area contributed by atoms with Crippen molar-refractivity contribution in [2.24, 2.45) is 0 Å². The van der Waals surface area contributed by atoms with E-state index in [9.17, 15) is 0 Å². The van der Waals surface area contributed by atoms with Crippen LogP contribution in [0.1, 0.15) is 11.1 Å². The highest BCUT2D eigenvalue weighted by Gasteiger charge is 2.23. The van der Waals surface area contributed by atoms with Gasteiger partial charge in [-0.05, 0) is 29.3 Å². The summed E-state index contributed by atoms with van der Waals surface area (Å²) >= 11 is 12.5. The summed E-state index contributed by atoms with van der Waals surface area (Å²) in [7, 11) is 0. The van der Waals surface area contributed by atoms with Crippen molar-refractivity contribution in [2.45, 2.75) is 13.1 Å². The van der Waals surface area contributed by atoms with Gasteiger partial charge in [0.1, 0.15) is 5.82 Å². The zero-order valence-corrected chi connectivity index (χ0v) is 17.5. The SMILES string of the molecule is Nc1nc(N2CCN(Cc3ccc(Cl)cc3Cl)c3ccccc3C2)c2cn[nH]c2n1. The summed E-state index contributed by atoms with van der Waals surface area (Å²) < 4.78 is 0. The molecular weight excluding hydrogens is 421 g/mol.